The second kappa shape index (κ2) is 4.28. The quantitative estimate of drug-likeness (QED) is 0.819. The average Bonchev–Trinajstić information content (AvgIpc) is 2.68. The molecule has 1 aromatic carbocycles. The molecule has 0 radical (unpaired) electrons. The summed E-state index contributed by atoms with van der Waals surface area (Å²) in [7, 11) is 3.96. The number of rotatable bonds is 3. The fraction of sp³-hybridized carbons (Fsp3) is 0.250. The average molecular weight is 201 g/mol. The maximum absolute atomic E-state index is 4.36. The van der Waals surface area contributed by atoms with Crippen LogP contribution in [0, 0.1) is 0 Å². The molecule has 2 aromatic rings. The van der Waals surface area contributed by atoms with Gasteiger partial charge in [0, 0.05) is 19.4 Å². The first-order valence-corrected chi connectivity index (χ1v) is 5.02. The summed E-state index contributed by atoms with van der Waals surface area (Å²) in [6, 6.07) is 10.5. The summed E-state index contributed by atoms with van der Waals surface area (Å²) in [5, 5.41) is 3.28. The van der Waals surface area contributed by atoms with Crippen LogP contribution in [0.4, 0.5) is 0 Å². The number of nitrogens with zero attached hydrogens (tertiary/aromatic N) is 2. The monoisotopic (exact) mass is 201 g/mol. The predicted molar refractivity (Wildman–Crippen MR) is 60.6 cm³/mol. The molecule has 2 rings (SSSR count). The third-order valence-electron chi connectivity index (χ3n) is 2.54. The largest absolute Gasteiger partial charge is 0.336 e. The van der Waals surface area contributed by atoms with E-state index in [1.807, 2.05) is 49.3 Å². The fourth-order valence-electron chi connectivity index (χ4n) is 1.75. The third kappa shape index (κ3) is 1.92. The lowest BCUT2D eigenvalue weighted by Gasteiger charge is -2.16. The first-order valence-electron chi connectivity index (χ1n) is 5.02. The predicted octanol–water partition coefficient (Wildman–Crippen LogP) is 1.73. The van der Waals surface area contributed by atoms with Crippen molar-refractivity contribution in [3.05, 3.63) is 54.1 Å². The van der Waals surface area contributed by atoms with Gasteiger partial charge in [0.25, 0.3) is 0 Å². The van der Waals surface area contributed by atoms with Crippen LogP contribution in [0.25, 0.3) is 0 Å². The summed E-state index contributed by atoms with van der Waals surface area (Å²) in [6.45, 7) is 0. The highest BCUT2D eigenvalue weighted by atomic mass is 15.1. The minimum atomic E-state index is 0.159. The third-order valence-corrected chi connectivity index (χ3v) is 2.54. The Morgan fingerprint density at radius 3 is 2.53 bits per heavy atom. The van der Waals surface area contributed by atoms with E-state index in [2.05, 4.69) is 22.4 Å². The van der Waals surface area contributed by atoms with Gasteiger partial charge in [-0.3, -0.25) is 0 Å². The number of hydrogen-bond acceptors (Lipinski definition) is 2. The van der Waals surface area contributed by atoms with Gasteiger partial charge in [0.1, 0.15) is 5.82 Å². The van der Waals surface area contributed by atoms with Gasteiger partial charge in [-0.1, -0.05) is 30.3 Å². The van der Waals surface area contributed by atoms with Crippen molar-refractivity contribution in [2.45, 2.75) is 6.04 Å². The van der Waals surface area contributed by atoms with Crippen LogP contribution >= 0.6 is 0 Å². The van der Waals surface area contributed by atoms with Crippen LogP contribution in [0.1, 0.15) is 17.4 Å². The molecule has 3 heteroatoms. The van der Waals surface area contributed by atoms with E-state index < -0.39 is 0 Å². The minimum Gasteiger partial charge on any atom is -0.336 e. The molecule has 0 fully saturated rings. The first kappa shape index (κ1) is 9.93. The molecule has 78 valence electrons. The SMILES string of the molecule is CNC(c1ccccc1)c1nccn1C. The molecular formula is C12H15N3. The molecule has 1 aromatic heterocycles. The summed E-state index contributed by atoms with van der Waals surface area (Å²) in [5.74, 6) is 1.03. The van der Waals surface area contributed by atoms with E-state index in [1.54, 1.807) is 0 Å². The summed E-state index contributed by atoms with van der Waals surface area (Å²) in [6.07, 6.45) is 3.78. The lowest BCUT2D eigenvalue weighted by Crippen LogP contribution is -2.21. The number of benzene rings is 1. The Kier molecular flexibility index (Phi) is 2.83. The zero-order valence-electron chi connectivity index (χ0n) is 9.01. The molecule has 0 saturated heterocycles. The van der Waals surface area contributed by atoms with Crippen molar-refractivity contribution in [3.63, 3.8) is 0 Å². The minimum absolute atomic E-state index is 0.159. The molecule has 1 heterocycles. The van der Waals surface area contributed by atoms with Crippen LogP contribution in [0.3, 0.4) is 0 Å². The van der Waals surface area contributed by atoms with Gasteiger partial charge < -0.3 is 9.88 Å². The van der Waals surface area contributed by atoms with Crippen molar-refractivity contribution >= 4 is 0 Å². The Morgan fingerprint density at radius 2 is 2.00 bits per heavy atom. The van der Waals surface area contributed by atoms with Gasteiger partial charge in [0.05, 0.1) is 6.04 Å². The van der Waals surface area contributed by atoms with Gasteiger partial charge in [0.15, 0.2) is 0 Å². The van der Waals surface area contributed by atoms with Crippen LogP contribution in [-0.2, 0) is 7.05 Å². The number of nitrogens with one attached hydrogen (secondary N) is 1. The van der Waals surface area contributed by atoms with Crippen LogP contribution in [0.2, 0.25) is 0 Å². The van der Waals surface area contributed by atoms with E-state index in [-0.39, 0.29) is 6.04 Å². The smallest absolute Gasteiger partial charge is 0.130 e. The lowest BCUT2D eigenvalue weighted by molar-refractivity contribution is 0.617. The molecular weight excluding hydrogens is 186 g/mol. The standard InChI is InChI=1S/C12H15N3/c1-13-11(10-6-4-3-5-7-10)12-14-8-9-15(12)2/h3-9,11,13H,1-2H3. The molecule has 0 aliphatic heterocycles. The molecule has 0 saturated carbocycles. The van der Waals surface area contributed by atoms with E-state index in [0.717, 1.165) is 5.82 Å². The van der Waals surface area contributed by atoms with Gasteiger partial charge in [-0.15, -0.1) is 0 Å². The van der Waals surface area contributed by atoms with Gasteiger partial charge >= 0.3 is 0 Å². The highest BCUT2D eigenvalue weighted by molar-refractivity contribution is 5.24. The molecule has 1 N–H and O–H groups in total. The number of aromatic nitrogens is 2. The molecule has 0 aliphatic carbocycles. The van der Waals surface area contributed by atoms with E-state index >= 15 is 0 Å². The van der Waals surface area contributed by atoms with E-state index in [9.17, 15) is 0 Å². The number of imidazole rings is 1. The Balaban J connectivity index is 2.37. The highest BCUT2D eigenvalue weighted by Gasteiger charge is 2.14. The zero-order chi connectivity index (χ0) is 10.7. The van der Waals surface area contributed by atoms with Crippen LogP contribution in [0.15, 0.2) is 42.7 Å². The fourth-order valence-corrected chi connectivity index (χ4v) is 1.75. The van der Waals surface area contributed by atoms with Crippen molar-refractivity contribution in [1.29, 1.82) is 0 Å². The Labute approximate surface area is 89.8 Å². The topological polar surface area (TPSA) is 29.9 Å². The Hall–Kier alpha value is -1.61. The summed E-state index contributed by atoms with van der Waals surface area (Å²) in [4.78, 5) is 4.36. The van der Waals surface area contributed by atoms with Crippen molar-refractivity contribution in [3.8, 4) is 0 Å². The van der Waals surface area contributed by atoms with E-state index in [1.165, 1.54) is 5.56 Å². The molecule has 1 unspecified atom stereocenters. The molecule has 15 heavy (non-hydrogen) atoms. The van der Waals surface area contributed by atoms with E-state index in [4.69, 9.17) is 0 Å². The molecule has 0 spiro atoms. The summed E-state index contributed by atoms with van der Waals surface area (Å²) >= 11 is 0. The lowest BCUT2D eigenvalue weighted by atomic mass is 10.1. The van der Waals surface area contributed by atoms with Gasteiger partial charge in [-0.2, -0.15) is 0 Å². The highest BCUT2D eigenvalue weighted by Crippen LogP contribution is 2.18. The first-order chi connectivity index (χ1) is 7.33. The summed E-state index contributed by atoms with van der Waals surface area (Å²) in [5.41, 5.74) is 1.23. The number of aryl methyl sites for hydroxylation is 1. The van der Waals surface area contributed by atoms with Crippen molar-refractivity contribution in [1.82, 2.24) is 14.9 Å². The zero-order valence-corrected chi connectivity index (χ0v) is 9.01. The van der Waals surface area contributed by atoms with Crippen molar-refractivity contribution in [2.24, 2.45) is 7.05 Å². The Bertz CT molecular complexity index is 419. The van der Waals surface area contributed by atoms with Crippen LogP contribution in [-0.4, -0.2) is 16.6 Å². The van der Waals surface area contributed by atoms with Crippen LogP contribution < -0.4 is 5.32 Å². The van der Waals surface area contributed by atoms with Crippen molar-refractivity contribution < 1.29 is 0 Å². The van der Waals surface area contributed by atoms with Gasteiger partial charge in [-0.05, 0) is 12.6 Å². The maximum atomic E-state index is 4.36. The van der Waals surface area contributed by atoms with E-state index in [0.29, 0.717) is 0 Å². The normalized spacial score (nSPS) is 12.7. The second-order valence-corrected chi connectivity index (χ2v) is 3.53. The molecule has 3 nitrogen and oxygen atoms in total. The van der Waals surface area contributed by atoms with Gasteiger partial charge in [0.2, 0.25) is 0 Å². The second-order valence-electron chi connectivity index (χ2n) is 3.53. The molecule has 1 atom stereocenters. The molecule has 0 amide bonds. The molecule has 0 bridgehead atoms. The summed E-state index contributed by atoms with van der Waals surface area (Å²) < 4.78 is 2.04. The molecule has 0 aliphatic rings. The number of hydrogen-bond donors (Lipinski definition) is 1. The maximum Gasteiger partial charge on any atom is 0.130 e. The van der Waals surface area contributed by atoms with Crippen LogP contribution in [0.5, 0.6) is 0 Å². The van der Waals surface area contributed by atoms with Crippen molar-refractivity contribution in [2.75, 3.05) is 7.05 Å². The van der Waals surface area contributed by atoms with Gasteiger partial charge in [-0.25, -0.2) is 4.98 Å². The Morgan fingerprint density at radius 1 is 1.27 bits per heavy atom.